The summed E-state index contributed by atoms with van der Waals surface area (Å²) >= 11 is 0. The average molecular weight is 516 g/mol. The number of carbonyl (C=O) groups is 2. The fourth-order valence-corrected chi connectivity index (χ4v) is 5.28. The van der Waals surface area contributed by atoms with Crippen LogP contribution in [0.1, 0.15) is 63.5 Å². The van der Waals surface area contributed by atoms with Gasteiger partial charge in [0.15, 0.2) is 0 Å². The van der Waals surface area contributed by atoms with E-state index in [1.54, 1.807) is 0 Å². The fourth-order valence-electron chi connectivity index (χ4n) is 5.28. The van der Waals surface area contributed by atoms with Gasteiger partial charge < -0.3 is 14.7 Å². The highest BCUT2D eigenvalue weighted by Gasteiger charge is 2.27. The summed E-state index contributed by atoms with van der Waals surface area (Å²) in [5.41, 5.74) is 5.02. The summed E-state index contributed by atoms with van der Waals surface area (Å²) in [6.07, 6.45) is 3.06. The first kappa shape index (κ1) is 26.1. The third-order valence-electron chi connectivity index (χ3n) is 7.62. The van der Waals surface area contributed by atoms with Crippen LogP contribution in [0.5, 0.6) is 0 Å². The fraction of sp³-hybridized carbons (Fsp3) is 0.467. The molecule has 0 bridgehead atoms. The van der Waals surface area contributed by atoms with E-state index in [-0.39, 0.29) is 23.1 Å². The topological polar surface area (TPSA) is 91.6 Å². The molecule has 2 aliphatic rings. The second-order valence-corrected chi connectivity index (χ2v) is 11.5. The van der Waals surface area contributed by atoms with E-state index < -0.39 is 0 Å². The van der Waals surface area contributed by atoms with E-state index in [2.05, 4.69) is 53.3 Å². The third-order valence-corrected chi connectivity index (χ3v) is 7.62. The maximum Gasteiger partial charge on any atom is 0.241 e. The number of hydrogen-bond acceptors (Lipinski definition) is 6. The largest absolute Gasteiger partial charge is 0.338 e. The number of nitrogens with one attached hydrogen (secondary N) is 1. The lowest BCUT2D eigenvalue weighted by atomic mass is 9.87. The molecule has 3 aromatic rings. The molecule has 0 aliphatic carbocycles. The van der Waals surface area contributed by atoms with Gasteiger partial charge in [0.25, 0.3) is 0 Å². The minimum absolute atomic E-state index is 0.0361. The van der Waals surface area contributed by atoms with Gasteiger partial charge in [-0.1, -0.05) is 50.2 Å². The predicted molar refractivity (Wildman–Crippen MR) is 148 cm³/mol. The van der Waals surface area contributed by atoms with Gasteiger partial charge in [-0.3, -0.25) is 14.5 Å². The van der Waals surface area contributed by atoms with Crippen LogP contribution in [0, 0.1) is 12.8 Å². The molecule has 0 radical (unpaired) electrons. The number of nitrogens with zero attached hydrogens (tertiary/aromatic N) is 4. The van der Waals surface area contributed by atoms with Crippen LogP contribution in [0.2, 0.25) is 0 Å². The van der Waals surface area contributed by atoms with Crippen LogP contribution < -0.4 is 10.2 Å². The summed E-state index contributed by atoms with van der Waals surface area (Å²) in [5, 5.41) is 7.26. The number of rotatable bonds is 6. The smallest absolute Gasteiger partial charge is 0.241 e. The Morgan fingerprint density at radius 2 is 1.82 bits per heavy atom. The van der Waals surface area contributed by atoms with Crippen molar-refractivity contribution in [1.29, 1.82) is 0 Å². The minimum Gasteiger partial charge on any atom is -0.338 e. The monoisotopic (exact) mass is 515 g/mol. The summed E-state index contributed by atoms with van der Waals surface area (Å²) in [6.45, 7) is 11.5. The van der Waals surface area contributed by atoms with Crippen molar-refractivity contribution in [1.82, 2.24) is 15.0 Å². The molecule has 1 aromatic heterocycles. The molecule has 2 aliphatic heterocycles. The van der Waals surface area contributed by atoms with Crippen LogP contribution in [-0.4, -0.2) is 46.5 Å². The zero-order chi connectivity index (χ0) is 26.9. The molecule has 5 rings (SSSR count). The Bertz CT molecular complexity index is 1300. The first-order valence-corrected chi connectivity index (χ1v) is 13.5. The number of anilines is 2. The number of aromatic nitrogens is 2. The summed E-state index contributed by atoms with van der Waals surface area (Å²) in [4.78, 5) is 33.7. The molecule has 2 aromatic carbocycles. The SMILES string of the molecule is Cc1cc(NC(=O)C2CCN(Cc3nc(-c4ccc(C(C)(C)C)cc4)no3)CC2)ccc1N1CCCC1=O. The Kier molecular flexibility index (Phi) is 7.34. The van der Waals surface area contributed by atoms with E-state index in [1.807, 2.05) is 42.2 Å². The Balaban J connectivity index is 1.12. The van der Waals surface area contributed by atoms with Crippen LogP contribution in [0.4, 0.5) is 11.4 Å². The molecular formula is C30H37N5O3. The number of amides is 2. The van der Waals surface area contributed by atoms with Crippen LogP contribution in [0.15, 0.2) is 47.0 Å². The maximum absolute atomic E-state index is 12.9. The highest BCUT2D eigenvalue weighted by molar-refractivity contribution is 5.97. The number of hydrogen-bond donors (Lipinski definition) is 1. The van der Waals surface area contributed by atoms with Crippen molar-refractivity contribution in [2.24, 2.45) is 5.92 Å². The minimum atomic E-state index is -0.0361. The van der Waals surface area contributed by atoms with Gasteiger partial charge in [-0.05, 0) is 74.0 Å². The van der Waals surface area contributed by atoms with Gasteiger partial charge in [0.1, 0.15) is 0 Å². The Morgan fingerprint density at radius 1 is 1.08 bits per heavy atom. The van der Waals surface area contributed by atoms with Gasteiger partial charge >= 0.3 is 0 Å². The van der Waals surface area contributed by atoms with E-state index >= 15 is 0 Å². The van der Waals surface area contributed by atoms with Gasteiger partial charge in [0.2, 0.25) is 23.5 Å². The van der Waals surface area contributed by atoms with Gasteiger partial charge in [-0.25, -0.2) is 0 Å². The lowest BCUT2D eigenvalue weighted by molar-refractivity contribution is -0.121. The number of likely N-dealkylation sites (tertiary alicyclic amines) is 1. The molecule has 0 spiro atoms. The molecule has 0 saturated carbocycles. The van der Waals surface area contributed by atoms with Crippen molar-refractivity contribution >= 4 is 23.2 Å². The lowest BCUT2D eigenvalue weighted by Crippen LogP contribution is -2.37. The molecule has 2 saturated heterocycles. The van der Waals surface area contributed by atoms with Crippen molar-refractivity contribution in [3.05, 3.63) is 59.5 Å². The van der Waals surface area contributed by atoms with Crippen molar-refractivity contribution < 1.29 is 14.1 Å². The molecule has 1 N–H and O–H groups in total. The zero-order valence-electron chi connectivity index (χ0n) is 22.8. The van der Waals surface area contributed by atoms with Gasteiger partial charge in [0, 0.05) is 35.8 Å². The number of aryl methyl sites for hydroxylation is 1. The summed E-state index contributed by atoms with van der Waals surface area (Å²) < 4.78 is 5.53. The summed E-state index contributed by atoms with van der Waals surface area (Å²) in [7, 11) is 0. The lowest BCUT2D eigenvalue weighted by Gasteiger charge is -2.30. The normalized spacial score (nSPS) is 17.3. The van der Waals surface area contributed by atoms with Gasteiger partial charge in [-0.2, -0.15) is 4.98 Å². The molecule has 3 heterocycles. The Morgan fingerprint density at radius 3 is 2.45 bits per heavy atom. The number of benzene rings is 2. The summed E-state index contributed by atoms with van der Waals surface area (Å²) in [5.74, 6) is 1.38. The van der Waals surface area contributed by atoms with E-state index in [1.165, 1.54) is 5.56 Å². The average Bonchev–Trinajstić information content (AvgIpc) is 3.53. The summed E-state index contributed by atoms with van der Waals surface area (Å²) in [6, 6.07) is 14.1. The van der Waals surface area contributed by atoms with Crippen molar-refractivity contribution in [3.8, 4) is 11.4 Å². The molecule has 8 nitrogen and oxygen atoms in total. The van der Waals surface area contributed by atoms with Crippen molar-refractivity contribution in [2.75, 3.05) is 29.9 Å². The molecule has 0 unspecified atom stereocenters. The quantitative estimate of drug-likeness (QED) is 0.478. The highest BCUT2D eigenvalue weighted by atomic mass is 16.5. The number of piperidine rings is 1. The van der Waals surface area contributed by atoms with Crippen molar-refractivity contribution in [2.45, 2.75) is 65.3 Å². The van der Waals surface area contributed by atoms with Crippen LogP contribution in [0.3, 0.4) is 0 Å². The van der Waals surface area contributed by atoms with E-state index in [9.17, 15) is 9.59 Å². The first-order chi connectivity index (χ1) is 18.2. The van der Waals surface area contributed by atoms with E-state index in [4.69, 9.17) is 4.52 Å². The number of carbonyl (C=O) groups excluding carboxylic acids is 2. The third kappa shape index (κ3) is 5.80. The van der Waals surface area contributed by atoms with Gasteiger partial charge in [0.05, 0.1) is 6.54 Å². The Hall–Kier alpha value is -3.52. The standard InChI is InChI=1S/C30H37N5O3/c1-20-18-24(11-12-25(20)35-15-5-6-27(35)36)31-29(37)22-13-16-34(17-14-22)19-26-32-28(33-38-26)21-7-9-23(10-8-21)30(2,3)4/h7-12,18,22H,5-6,13-17,19H2,1-4H3,(H,31,37). The zero-order valence-corrected chi connectivity index (χ0v) is 22.8. The van der Waals surface area contributed by atoms with Crippen LogP contribution in [-0.2, 0) is 21.5 Å². The second-order valence-electron chi connectivity index (χ2n) is 11.5. The van der Waals surface area contributed by atoms with Crippen LogP contribution >= 0.6 is 0 Å². The molecule has 8 heteroatoms. The maximum atomic E-state index is 12.9. The van der Waals surface area contributed by atoms with Gasteiger partial charge in [-0.15, -0.1) is 0 Å². The van der Waals surface area contributed by atoms with Crippen LogP contribution in [0.25, 0.3) is 11.4 Å². The molecule has 0 atom stereocenters. The molecule has 200 valence electrons. The highest BCUT2D eigenvalue weighted by Crippen LogP contribution is 2.29. The predicted octanol–water partition coefficient (Wildman–Crippen LogP) is 5.32. The van der Waals surface area contributed by atoms with E-state index in [0.717, 1.165) is 61.4 Å². The molecule has 2 fully saturated rings. The van der Waals surface area contributed by atoms with Crippen molar-refractivity contribution in [3.63, 3.8) is 0 Å². The first-order valence-electron chi connectivity index (χ1n) is 13.5. The molecular weight excluding hydrogens is 478 g/mol. The second kappa shape index (κ2) is 10.7. The van der Waals surface area contributed by atoms with E-state index in [0.29, 0.717) is 24.7 Å². The molecule has 38 heavy (non-hydrogen) atoms. The molecule has 2 amide bonds. The Labute approximate surface area is 224 Å².